The largest absolute Gasteiger partial charge is 0.454 e. The van der Waals surface area contributed by atoms with Gasteiger partial charge in [0.1, 0.15) is 12.6 Å². The van der Waals surface area contributed by atoms with Crippen molar-refractivity contribution in [3.63, 3.8) is 0 Å². The number of benzene rings is 1. The van der Waals surface area contributed by atoms with E-state index in [2.05, 4.69) is 5.32 Å². The SMILES string of the molecule is CC(C)OCCC[NH2+]C[C@@H](O)COCc1ccc2c(c1)OCO2. The van der Waals surface area contributed by atoms with E-state index in [4.69, 9.17) is 18.9 Å². The van der Waals surface area contributed by atoms with E-state index >= 15 is 0 Å². The number of aliphatic hydroxyl groups is 1. The lowest BCUT2D eigenvalue weighted by atomic mass is 10.2. The molecule has 130 valence electrons. The Balaban J connectivity index is 1.52. The Bertz CT molecular complexity index is 466. The molecule has 0 amide bonds. The first-order valence-corrected chi connectivity index (χ1v) is 8.22. The molecule has 1 aromatic rings. The van der Waals surface area contributed by atoms with Crippen molar-refractivity contribution in [1.29, 1.82) is 0 Å². The Morgan fingerprint density at radius 1 is 1.26 bits per heavy atom. The van der Waals surface area contributed by atoms with Crippen LogP contribution in [0.3, 0.4) is 0 Å². The van der Waals surface area contributed by atoms with Gasteiger partial charge >= 0.3 is 0 Å². The van der Waals surface area contributed by atoms with Crippen LogP contribution in [0.15, 0.2) is 18.2 Å². The predicted molar refractivity (Wildman–Crippen MR) is 85.6 cm³/mol. The average Bonchev–Trinajstić information content (AvgIpc) is 2.98. The van der Waals surface area contributed by atoms with E-state index in [0.29, 0.717) is 19.8 Å². The monoisotopic (exact) mass is 326 g/mol. The molecule has 3 N–H and O–H groups in total. The molecule has 0 aromatic heterocycles. The quantitative estimate of drug-likeness (QED) is 0.585. The molecule has 23 heavy (non-hydrogen) atoms. The molecular weight excluding hydrogens is 298 g/mol. The van der Waals surface area contributed by atoms with Crippen LogP contribution >= 0.6 is 0 Å². The number of nitrogens with two attached hydrogens (primary N) is 1. The maximum Gasteiger partial charge on any atom is 0.231 e. The van der Waals surface area contributed by atoms with E-state index in [9.17, 15) is 5.11 Å². The van der Waals surface area contributed by atoms with Crippen LogP contribution in [0.2, 0.25) is 0 Å². The van der Waals surface area contributed by atoms with Crippen LogP contribution in [0.4, 0.5) is 0 Å². The van der Waals surface area contributed by atoms with E-state index in [1.165, 1.54) is 0 Å². The summed E-state index contributed by atoms with van der Waals surface area (Å²) < 4.78 is 21.6. The highest BCUT2D eigenvalue weighted by atomic mass is 16.7. The van der Waals surface area contributed by atoms with Crippen LogP contribution in [0, 0.1) is 0 Å². The second-order valence-electron chi connectivity index (χ2n) is 5.94. The molecule has 0 aliphatic carbocycles. The minimum Gasteiger partial charge on any atom is -0.454 e. The standard InChI is InChI=1S/C17H27NO5/c1-13(2)21-7-3-6-18-9-15(19)11-20-10-14-4-5-16-17(8-14)23-12-22-16/h4-5,8,13,15,18-19H,3,6-7,9-12H2,1-2H3/p+1/t15-/m1/s1. The van der Waals surface area contributed by atoms with Gasteiger partial charge in [0.05, 0.1) is 32.5 Å². The first-order valence-electron chi connectivity index (χ1n) is 8.22. The minimum absolute atomic E-state index is 0.274. The summed E-state index contributed by atoms with van der Waals surface area (Å²) in [4.78, 5) is 0. The summed E-state index contributed by atoms with van der Waals surface area (Å²) in [5.74, 6) is 1.52. The van der Waals surface area contributed by atoms with Crippen molar-refractivity contribution in [2.75, 3.05) is 33.1 Å². The topological polar surface area (TPSA) is 73.8 Å². The number of aliphatic hydroxyl groups excluding tert-OH is 1. The normalized spacial score (nSPS) is 14.4. The molecule has 6 nitrogen and oxygen atoms in total. The van der Waals surface area contributed by atoms with Gasteiger partial charge in [0, 0.05) is 6.42 Å². The second kappa shape index (κ2) is 9.72. The molecule has 1 heterocycles. The van der Waals surface area contributed by atoms with Crippen molar-refractivity contribution in [1.82, 2.24) is 0 Å². The van der Waals surface area contributed by atoms with Crippen LogP contribution in [0.5, 0.6) is 11.5 Å². The van der Waals surface area contributed by atoms with E-state index in [1.807, 2.05) is 32.0 Å². The lowest BCUT2D eigenvalue weighted by Gasteiger charge is -2.11. The molecule has 0 radical (unpaired) electrons. The van der Waals surface area contributed by atoms with E-state index < -0.39 is 6.10 Å². The van der Waals surface area contributed by atoms with Gasteiger partial charge in [-0.2, -0.15) is 0 Å². The van der Waals surface area contributed by atoms with Gasteiger partial charge in [-0.25, -0.2) is 0 Å². The van der Waals surface area contributed by atoms with E-state index in [1.54, 1.807) is 0 Å². The molecule has 0 saturated heterocycles. The van der Waals surface area contributed by atoms with Crippen LogP contribution < -0.4 is 14.8 Å². The Kier molecular flexibility index (Phi) is 7.61. The van der Waals surface area contributed by atoms with Crippen molar-refractivity contribution < 1.29 is 29.4 Å². The number of quaternary nitrogens is 1. The van der Waals surface area contributed by atoms with Crippen molar-refractivity contribution >= 4 is 0 Å². The molecule has 1 aliphatic rings. The number of rotatable bonds is 11. The first-order chi connectivity index (χ1) is 11.1. The fraction of sp³-hybridized carbons (Fsp3) is 0.647. The van der Waals surface area contributed by atoms with Crippen LogP contribution in [-0.2, 0) is 16.1 Å². The summed E-state index contributed by atoms with van der Waals surface area (Å²) in [6.45, 7) is 7.48. The van der Waals surface area contributed by atoms with Gasteiger partial charge in [0.2, 0.25) is 6.79 Å². The summed E-state index contributed by atoms with van der Waals surface area (Å²) in [6.07, 6.45) is 0.809. The molecule has 0 unspecified atom stereocenters. The first kappa shape index (κ1) is 18.0. The third-order valence-electron chi connectivity index (χ3n) is 3.46. The average molecular weight is 326 g/mol. The Labute approximate surface area is 137 Å². The predicted octanol–water partition coefficient (Wildman–Crippen LogP) is 0.671. The molecule has 0 bridgehead atoms. The lowest BCUT2D eigenvalue weighted by Crippen LogP contribution is -2.86. The van der Waals surface area contributed by atoms with Crippen molar-refractivity contribution in [2.24, 2.45) is 0 Å². The van der Waals surface area contributed by atoms with Crippen molar-refractivity contribution in [3.05, 3.63) is 23.8 Å². The Morgan fingerprint density at radius 2 is 2.09 bits per heavy atom. The number of hydrogen-bond acceptors (Lipinski definition) is 5. The van der Waals surface area contributed by atoms with Crippen molar-refractivity contribution in [3.8, 4) is 11.5 Å². The maximum absolute atomic E-state index is 9.89. The van der Waals surface area contributed by atoms with Gasteiger partial charge < -0.3 is 29.4 Å². The molecular formula is C17H28NO5+. The molecule has 1 aromatic carbocycles. The molecule has 0 spiro atoms. The second-order valence-corrected chi connectivity index (χ2v) is 5.94. The fourth-order valence-corrected chi connectivity index (χ4v) is 2.27. The number of fused-ring (bicyclic) bond motifs is 1. The maximum atomic E-state index is 9.89. The van der Waals surface area contributed by atoms with Crippen LogP contribution in [-0.4, -0.2) is 50.4 Å². The number of hydrogen-bond donors (Lipinski definition) is 2. The van der Waals surface area contributed by atoms with Gasteiger partial charge in [-0.05, 0) is 31.5 Å². The third-order valence-corrected chi connectivity index (χ3v) is 3.46. The van der Waals surface area contributed by atoms with Gasteiger partial charge in [-0.3, -0.25) is 0 Å². The summed E-state index contributed by atoms with van der Waals surface area (Å²) in [5.41, 5.74) is 1.01. The summed E-state index contributed by atoms with van der Waals surface area (Å²) in [5, 5.41) is 12.0. The highest BCUT2D eigenvalue weighted by Crippen LogP contribution is 2.32. The van der Waals surface area contributed by atoms with Crippen LogP contribution in [0.25, 0.3) is 0 Å². The zero-order chi connectivity index (χ0) is 16.5. The summed E-state index contributed by atoms with van der Waals surface area (Å²) in [6, 6.07) is 5.74. The molecule has 1 aliphatic heterocycles. The summed E-state index contributed by atoms with van der Waals surface area (Å²) in [7, 11) is 0. The fourth-order valence-electron chi connectivity index (χ4n) is 2.27. The molecule has 2 rings (SSSR count). The minimum atomic E-state index is -0.463. The molecule has 0 fully saturated rings. The van der Waals surface area contributed by atoms with E-state index in [-0.39, 0.29) is 12.9 Å². The van der Waals surface area contributed by atoms with Gasteiger partial charge in [-0.1, -0.05) is 6.07 Å². The molecule has 6 heteroatoms. The molecule has 1 atom stereocenters. The Morgan fingerprint density at radius 3 is 2.91 bits per heavy atom. The molecule has 0 saturated carbocycles. The smallest absolute Gasteiger partial charge is 0.231 e. The zero-order valence-corrected chi connectivity index (χ0v) is 14.0. The lowest BCUT2D eigenvalue weighted by molar-refractivity contribution is -0.661. The summed E-state index contributed by atoms with van der Waals surface area (Å²) >= 11 is 0. The zero-order valence-electron chi connectivity index (χ0n) is 14.0. The van der Waals surface area contributed by atoms with Gasteiger partial charge in [-0.15, -0.1) is 0 Å². The van der Waals surface area contributed by atoms with E-state index in [0.717, 1.165) is 36.6 Å². The number of ether oxygens (including phenoxy) is 4. The van der Waals surface area contributed by atoms with Crippen molar-refractivity contribution in [2.45, 2.75) is 39.1 Å². The van der Waals surface area contributed by atoms with Crippen LogP contribution in [0.1, 0.15) is 25.8 Å². The third kappa shape index (κ3) is 6.74. The van der Waals surface area contributed by atoms with Gasteiger partial charge in [0.25, 0.3) is 0 Å². The van der Waals surface area contributed by atoms with Gasteiger partial charge in [0.15, 0.2) is 11.5 Å². The highest BCUT2D eigenvalue weighted by Gasteiger charge is 2.13. The Hall–Kier alpha value is -1.34. The highest BCUT2D eigenvalue weighted by molar-refractivity contribution is 5.44.